The van der Waals surface area contributed by atoms with Crippen molar-refractivity contribution >= 4 is 34.8 Å². The number of imidazole rings is 1. The van der Waals surface area contributed by atoms with E-state index in [1.165, 1.54) is 23.6 Å². The number of aryl methyl sites for hydroxylation is 3. The summed E-state index contributed by atoms with van der Waals surface area (Å²) >= 11 is 0. The number of hydrogen-bond acceptors (Lipinski definition) is 7. The van der Waals surface area contributed by atoms with Gasteiger partial charge < -0.3 is 15.4 Å². The Morgan fingerprint density at radius 1 is 0.952 bits per heavy atom. The van der Waals surface area contributed by atoms with E-state index in [0.717, 1.165) is 15.7 Å². The van der Waals surface area contributed by atoms with E-state index in [4.69, 9.17) is 4.74 Å². The molecule has 1 atom stereocenters. The van der Waals surface area contributed by atoms with E-state index in [0.29, 0.717) is 16.9 Å². The van der Waals surface area contributed by atoms with Gasteiger partial charge in [-0.05, 0) is 38.5 Å². The molecule has 0 saturated heterocycles. The molecular formula is C30H33N7O5. The first kappa shape index (κ1) is 28.4. The molecule has 0 radical (unpaired) electrons. The number of aromatic nitrogens is 4. The Morgan fingerprint density at radius 2 is 1.57 bits per heavy atom. The number of carbonyl (C=O) groups excluding carboxylic acids is 2. The summed E-state index contributed by atoms with van der Waals surface area (Å²) in [5, 5.41) is 6.16. The summed E-state index contributed by atoms with van der Waals surface area (Å²) in [6.45, 7) is 5.66. The van der Waals surface area contributed by atoms with Crippen molar-refractivity contribution in [1.29, 1.82) is 0 Å². The van der Waals surface area contributed by atoms with Crippen LogP contribution in [0.3, 0.4) is 0 Å². The number of esters is 1. The molecule has 0 spiro atoms. The minimum atomic E-state index is -0.793. The van der Waals surface area contributed by atoms with Crippen molar-refractivity contribution in [2.75, 3.05) is 19.0 Å². The zero-order valence-corrected chi connectivity index (χ0v) is 24.4. The smallest absolute Gasteiger partial charge is 0.338 e. The number of benzene rings is 2. The Hall–Kier alpha value is -5.13. The van der Waals surface area contributed by atoms with Gasteiger partial charge in [0.25, 0.3) is 5.56 Å². The van der Waals surface area contributed by atoms with E-state index < -0.39 is 29.3 Å². The fraction of sp³-hybridized carbons (Fsp3) is 0.300. The van der Waals surface area contributed by atoms with E-state index in [2.05, 4.69) is 15.6 Å². The summed E-state index contributed by atoms with van der Waals surface area (Å²) in [5.74, 6) is -0.336. The minimum Gasteiger partial charge on any atom is -0.463 e. The van der Waals surface area contributed by atoms with Gasteiger partial charge >= 0.3 is 17.7 Å². The van der Waals surface area contributed by atoms with Gasteiger partial charge in [-0.2, -0.15) is 4.98 Å². The third-order valence-corrected chi connectivity index (χ3v) is 7.45. The number of anilines is 2. The zero-order valence-electron chi connectivity index (χ0n) is 24.4. The lowest BCUT2D eigenvalue weighted by Gasteiger charge is -2.35. The summed E-state index contributed by atoms with van der Waals surface area (Å²) < 4.78 is 9.35. The first-order valence-corrected chi connectivity index (χ1v) is 13.5. The van der Waals surface area contributed by atoms with Gasteiger partial charge in [0.15, 0.2) is 11.2 Å². The van der Waals surface area contributed by atoms with E-state index in [9.17, 15) is 19.2 Å². The number of ether oxygens (including phenoxy) is 1. The lowest BCUT2D eigenvalue weighted by molar-refractivity contribution is -0.139. The van der Waals surface area contributed by atoms with Crippen LogP contribution >= 0.6 is 0 Å². The highest BCUT2D eigenvalue weighted by atomic mass is 16.5. The Morgan fingerprint density at radius 3 is 2.19 bits per heavy atom. The largest absolute Gasteiger partial charge is 0.463 e. The minimum absolute atomic E-state index is 0.0986. The van der Waals surface area contributed by atoms with Crippen LogP contribution in [0.25, 0.3) is 11.2 Å². The Kier molecular flexibility index (Phi) is 7.46. The SMILES string of the molecule is CCOC(=O)C1=C(Cn2c(Nc3ccc(C)cc3)nc3c2c(=O)n(C)c(=O)n3C)N(C)C(=O)N[C@@H]1c1ccc(C)cc1. The summed E-state index contributed by atoms with van der Waals surface area (Å²) in [5.41, 5.74) is 3.25. The Bertz CT molecular complexity index is 1850. The number of rotatable bonds is 7. The van der Waals surface area contributed by atoms with Gasteiger partial charge in [0.1, 0.15) is 0 Å². The molecule has 1 aliphatic heterocycles. The van der Waals surface area contributed by atoms with Crippen molar-refractivity contribution in [3.05, 3.63) is 97.3 Å². The van der Waals surface area contributed by atoms with Crippen LogP contribution in [0.1, 0.15) is 29.7 Å². The van der Waals surface area contributed by atoms with Crippen molar-refractivity contribution in [2.45, 2.75) is 33.4 Å². The summed E-state index contributed by atoms with van der Waals surface area (Å²) in [6, 6.07) is 13.9. The normalized spacial score (nSPS) is 15.2. The van der Waals surface area contributed by atoms with Crippen molar-refractivity contribution in [3.8, 4) is 0 Å². The average Bonchev–Trinajstić information content (AvgIpc) is 3.32. The molecule has 5 rings (SSSR count). The fourth-order valence-corrected chi connectivity index (χ4v) is 5.02. The van der Waals surface area contributed by atoms with E-state index in [1.54, 1.807) is 18.5 Å². The van der Waals surface area contributed by atoms with Crippen LogP contribution in [-0.4, -0.2) is 49.2 Å². The number of urea groups is 1. The van der Waals surface area contributed by atoms with E-state index >= 15 is 0 Å². The highest BCUT2D eigenvalue weighted by Gasteiger charge is 2.37. The van der Waals surface area contributed by atoms with Crippen molar-refractivity contribution < 1.29 is 14.3 Å². The predicted octanol–water partition coefficient (Wildman–Crippen LogP) is 3.01. The number of likely N-dealkylation sites (N-methyl/N-ethyl adjacent to an activating group) is 1. The molecule has 12 nitrogen and oxygen atoms in total. The van der Waals surface area contributed by atoms with Crippen LogP contribution in [0.15, 0.2) is 69.4 Å². The molecular weight excluding hydrogens is 538 g/mol. The Balaban J connectivity index is 1.77. The highest BCUT2D eigenvalue weighted by Crippen LogP contribution is 2.33. The van der Waals surface area contributed by atoms with Gasteiger partial charge in [-0.3, -0.25) is 23.4 Å². The quantitative estimate of drug-likeness (QED) is 0.326. The first-order chi connectivity index (χ1) is 20.0. The molecule has 2 aromatic carbocycles. The average molecular weight is 572 g/mol. The summed E-state index contributed by atoms with van der Waals surface area (Å²) in [7, 11) is 4.48. The maximum Gasteiger partial charge on any atom is 0.338 e. The molecule has 0 fully saturated rings. The van der Waals surface area contributed by atoms with Gasteiger partial charge in [-0.25, -0.2) is 14.4 Å². The maximum absolute atomic E-state index is 13.5. The molecule has 1 aliphatic rings. The molecule has 0 bridgehead atoms. The third kappa shape index (κ3) is 4.95. The lowest BCUT2D eigenvalue weighted by Crippen LogP contribution is -2.48. The van der Waals surface area contributed by atoms with Crippen molar-refractivity contribution in [3.63, 3.8) is 0 Å². The predicted molar refractivity (Wildman–Crippen MR) is 159 cm³/mol. The van der Waals surface area contributed by atoms with Gasteiger partial charge in [0.2, 0.25) is 5.95 Å². The van der Waals surface area contributed by atoms with Crippen LogP contribution in [0.5, 0.6) is 0 Å². The number of carbonyl (C=O) groups is 2. The zero-order chi connectivity index (χ0) is 30.3. The summed E-state index contributed by atoms with van der Waals surface area (Å²) in [6.07, 6.45) is 0. The molecule has 2 N–H and O–H groups in total. The number of hydrogen-bond donors (Lipinski definition) is 2. The molecule has 12 heteroatoms. The van der Waals surface area contributed by atoms with Crippen LogP contribution in [0.2, 0.25) is 0 Å². The molecule has 218 valence electrons. The first-order valence-electron chi connectivity index (χ1n) is 13.5. The van der Waals surface area contributed by atoms with Crippen molar-refractivity contribution in [1.82, 2.24) is 28.9 Å². The van der Waals surface area contributed by atoms with E-state index in [-0.39, 0.29) is 35.8 Å². The molecule has 2 amide bonds. The summed E-state index contributed by atoms with van der Waals surface area (Å²) in [4.78, 5) is 59.1. The molecule has 0 aliphatic carbocycles. The van der Waals surface area contributed by atoms with Crippen LogP contribution in [0, 0.1) is 13.8 Å². The number of allylic oxidation sites excluding steroid dienone is 1. The topological polar surface area (TPSA) is 132 Å². The molecule has 42 heavy (non-hydrogen) atoms. The van der Waals surface area contributed by atoms with Crippen molar-refractivity contribution in [2.24, 2.45) is 14.1 Å². The van der Waals surface area contributed by atoms with Crippen LogP contribution < -0.4 is 21.9 Å². The second-order valence-corrected chi connectivity index (χ2v) is 10.3. The number of nitrogens with one attached hydrogen (secondary N) is 2. The second-order valence-electron chi connectivity index (χ2n) is 10.3. The maximum atomic E-state index is 13.5. The highest BCUT2D eigenvalue weighted by molar-refractivity contribution is 5.95. The lowest BCUT2D eigenvalue weighted by atomic mass is 9.94. The molecule has 4 aromatic rings. The van der Waals surface area contributed by atoms with Crippen LogP contribution in [-0.2, 0) is 30.2 Å². The van der Waals surface area contributed by atoms with Gasteiger partial charge in [-0.15, -0.1) is 0 Å². The molecule has 0 unspecified atom stereocenters. The second kappa shape index (κ2) is 11.0. The van der Waals surface area contributed by atoms with Crippen LogP contribution in [0.4, 0.5) is 16.4 Å². The number of fused-ring (bicyclic) bond motifs is 1. The van der Waals surface area contributed by atoms with Gasteiger partial charge in [0.05, 0.1) is 30.5 Å². The number of amides is 2. The molecule has 2 aromatic heterocycles. The third-order valence-electron chi connectivity index (χ3n) is 7.45. The van der Waals surface area contributed by atoms with Gasteiger partial charge in [0, 0.05) is 26.8 Å². The molecule has 3 heterocycles. The fourth-order valence-electron chi connectivity index (χ4n) is 5.02. The Labute approximate surface area is 241 Å². The number of nitrogens with zero attached hydrogens (tertiary/aromatic N) is 5. The van der Waals surface area contributed by atoms with Gasteiger partial charge in [-0.1, -0.05) is 47.5 Å². The molecule has 0 saturated carbocycles. The standard InChI is InChI=1S/C30H33N7O5/c1-7-42-27(39)22-21(34(4)29(40)32-23(22)19-12-8-17(2)9-13-19)16-37-24-25(35(5)30(41)36(6)26(24)38)33-28(37)31-20-14-10-18(3)11-15-20/h8-15,23H,7,16H2,1-6H3,(H,31,33)(H,32,40)/t23-/m1/s1. The monoisotopic (exact) mass is 571 g/mol. The van der Waals surface area contributed by atoms with E-state index in [1.807, 2.05) is 62.4 Å².